The Labute approximate surface area is 97.3 Å². The molecule has 0 amide bonds. The highest BCUT2D eigenvalue weighted by Gasteiger charge is 2.09. The molecule has 1 aromatic rings. The maximum absolute atomic E-state index is 9.37. The molecule has 0 aliphatic heterocycles. The average molecular weight is 223 g/mol. The van der Waals surface area contributed by atoms with Crippen molar-refractivity contribution in [2.75, 3.05) is 25.0 Å². The molecule has 1 unspecified atom stereocenters. The van der Waals surface area contributed by atoms with E-state index < -0.39 is 0 Å². The molecule has 0 saturated carbocycles. The van der Waals surface area contributed by atoms with Crippen molar-refractivity contribution >= 4 is 5.82 Å². The Kier molecular flexibility index (Phi) is 5.22. The summed E-state index contributed by atoms with van der Waals surface area (Å²) in [7, 11) is 1.95. The van der Waals surface area contributed by atoms with E-state index in [0.717, 1.165) is 24.5 Å². The Bertz CT molecular complexity index is 315. The normalized spacial score (nSPS) is 12.5. The lowest BCUT2D eigenvalue weighted by molar-refractivity contribution is 0.201. The molecule has 0 fully saturated rings. The van der Waals surface area contributed by atoms with Crippen LogP contribution in [-0.2, 0) is 6.54 Å². The minimum atomic E-state index is -0.348. The monoisotopic (exact) mass is 223 g/mol. The molecule has 4 heteroatoms. The second-order valence-corrected chi connectivity index (χ2v) is 4.00. The molecular weight excluding hydrogens is 202 g/mol. The van der Waals surface area contributed by atoms with Gasteiger partial charge in [-0.05, 0) is 19.5 Å². The van der Waals surface area contributed by atoms with Crippen molar-refractivity contribution in [1.29, 1.82) is 0 Å². The van der Waals surface area contributed by atoms with Crippen LogP contribution >= 0.6 is 0 Å². The molecule has 0 radical (unpaired) electrons. The highest BCUT2D eigenvalue weighted by atomic mass is 16.3. The van der Waals surface area contributed by atoms with E-state index in [4.69, 9.17) is 0 Å². The van der Waals surface area contributed by atoms with E-state index in [0.29, 0.717) is 6.54 Å². The van der Waals surface area contributed by atoms with Gasteiger partial charge >= 0.3 is 0 Å². The van der Waals surface area contributed by atoms with Gasteiger partial charge in [-0.1, -0.05) is 13.0 Å². The molecule has 1 rings (SSSR count). The summed E-state index contributed by atoms with van der Waals surface area (Å²) in [6.45, 7) is 6.20. The molecule has 16 heavy (non-hydrogen) atoms. The highest BCUT2D eigenvalue weighted by molar-refractivity contribution is 5.45. The number of pyridine rings is 1. The van der Waals surface area contributed by atoms with E-state index in [1.165, 1.54) is 0 Å². The minimum Gasteiger partial charge on any atom is -0.392 e. The summed E-state index contributed by atoms with van der Waals surface area (Å²) in [6, 6.07) is 4.00. The van der Waals surface area contributed by atoms with Gasteiger partial charge in [0.05, 0.1) is 6.10 Å². The van der Waals surface area contributed by atoms with Crippen LogP contribution in [0, 0.1) is 0 Å². The summed E-state index contributed by atoms with van der Waals surface area (Å²) in [6.07, 6.45) is 1.43. The first-order valence-corrected chi connectivity index (χ1v) is 5.69. The fourth-order valence-electron chi connectivity index (χ4n) is 1.65. The van der Waals surface area contributed by atoms with Crippen molar-refractivity contribution < 1.29 is 5.11 Å². The summed E-state index contributed by atoms with van der Waals surface area (Å²) < 4.78 is 0. The summed E-state index contributed by atoms with van der Waals surface area (Å²) in [5.74, 6) is 0.935. The Morgan fingerprint density at radius 3 is 2.94 bits per heavy atom. The van der Waals surface area contributed by atoms with Crippen LogP contribution in [0.2, 0.25) is 0 Å². The largest absolute Gasteiger partial charge is 0.392 e. The van der Waals surface area contributed by atoms with Crippen LogP contribution in [0.5, 0.6) is 0 Å². The van der Waals surface area contributed by atoms with Crippen molar-refractivity contribution in [3.05, 3.63) is 23.9 Å². The molecule has 0 saturated heterocycles. The van der Waals surface area contributed by atoms with Gasteiger partial charge in [0.25, 0.3) is 0 Å². The maximum Gasteiger partial charge on any atom is 0.132 e. The molecule has 4 nitrogen and oxygen atoms in total. The standard InChI is InChI=1S/C12H21N3O/c1-4-13-8-11-6-5-7-14-12(11)15(3)9-10(2)16/h5-7,10,13,16H,4,8-9H2,1-3H3. The number of aliphatic hydroxyl groups is 1. The smallest absolute Gasteiger partial charge is 0.132 e. The SMILES string of the molecule is CCNCc1cccnc1N(C)CC(C)O. The zero-order chi connectivity index (χ0) is 12.0. The highest BCUT2D eigenvalue weighted by Crippen LogP contribution is 2.15. The van der Waals surface area contributed by atoms with Crippen LogP contribution in [0.25, 0.3) is 0 Å². The molecule has 0 spiro atoms. The van der Waals surface area contributed by atoms with Crippen molar-refractivity contribution in [2.24, 2.45) is 0 Å². The first-order valence-electron chi connectivity index (χ1n) is 5.69. The number of aromatic nitrogens is 1. The van der Waals surface area contributed by atoms with E-state index >= 15 is 0 Å². The van der Waals surface area contributed by atoms with Gasteiger partial charge in [0, 0.05) is 31.9 Å². The van der Waals surface area contributed by atoms with Crippen LogP contribution in [-0.4, -0.2) is 36.3 Å². The number of anilines is 1. The molecule has 1 heterocycles. The third-order valence-electron chi connectivity index (χ3n) is 2.33. The second kappa shape index (κ2) is 6.45. The number of nitrogens with zero attached hydrogens (tertiary/aromatic N) is 2. The Hall–Kier alpha value is -1.13. The summed E-state index contributed by atoms with van der Waals surface area (Å²) in [4.78, 5) is 6.34. The molecule has 0 aliphatic rings. The third-order valence-corrected chi connectivity index (χ3v) is 2.33. The fraction of sp³-hybridized carbons (Fsp3) is 0.583. The van der Waals surface area contributed by atoms with E-state index in [-0.39, 0.29) is 6.10 Å². The van der Waals surface area contributed by atoms with Gasteiger partial charge in [0.1, 0.15) is 5.82 Å². The number of hydrogen-bond donors (Lipinski definition) is 2. The van der Waals surface area contributed by atoms with E-state index in [1.54, 1.807) is 13.1 Å². The maximum atomic E-state index is 9.37. The first-order chi connectivity index (χ1) is 7.65. The lowest BCUT2D eigenvalue weighted by Gasteiger charge is -2.22. The second-order valence-electron chi connectivity index (χ2n) is 4.00. The average Bonchev–Trinajstić information content (AvgIpc) is 2.25. The molecule has 0 bridgehead atoms. The fourth-order valence-corrected chi connectivity index (χ4v) is 1.65. The van der Waals surface area contributed by atoms with Crippen molar-refractivity contribution in [2.45, 2.75) is 26.5 Å². The van der Waals surface area contributed by atoms with Gasteiger partial charge in [0.2, 0.25) is 0 Å². The molecule has 1 atom stereocenters. The molecule has 1 aromatic heterocycles. The van der Waals surface area contributed by atoms with E-state index in [9.17, 15) is 5.11 Å². The summed E-state index contributed by atoms with van der Waals surface area (Å²) in [5, 5.41) is 12.6. The number of rotatable bonds is 6. The van der Waals surface area contributed by atoms with Crippen LogP contribution in [0.15, 0.2) is 18.3 Å². The Morgan fingerprint density at radius 1 is 1.56 bits per heavy atom. The molecular formula is C12H21N3O. The van der Waals surface area contributed by atoms with Crippen LogP contribution in [0.4, 0.5) is 5.82 Å². The molecule has 0 aliphatic carbocycles. The van der Waals surface area contributed by atoms with Gasteiger partial charge in [-0.2, -0.15) is 0 Å². The van der Waals surface area contributed by atoms with Crippen molar-refractivity contribution in [1.82, 2.24) is 10.3 Å². The number of nitrogens with one attached hydrogen (secondary N) is 1. The van der Waals surface area contributed by atoms with Crippen molar-refractivity contribution in [3.63, 3.8) is 0 Å². The van der Waals surface area contributed by atoms with Gasteiger partial charge in [-0.25, -0.2) is 4.98 Å². The summed E-state index contributed by atoms with van der Waals surface area (Å²) >= 11 is 0. The van der Waals surface area contributed by atoms with E-state index in [1.807, 2.05) is 18.0 Å². The quantitative estimate of drug-likeness (QED) is 0.755. The molecule has 90 valence electrons. The van der Waals surface area contributed by atoms with Gasteiger partial charge in [-0.3, -0.25) is 0 Å². The topological polar surface area (TPSA) is 48.4 Å². The third kappa shape index (κ3) is 3.79. The zero-order valence-corrected chi connectivity index (χ0v) is 10.3. The van der Waals surface area contributed by atoms with Gasteiger partial charge in [0.15, 0.2) is 0 Å². The van der Waals surface area contributed by atoms with Crippen LogP contribution in [0.3, 0.4) is 0 Å². The Morgan fingerprint density at radius 2 is 2.31 bits per heavy atom. The predicted molar refractivity (Wildman–Crippen MR) is 66.6 cm³/mol. The molecule has 2 N–H and O–H groups in total. The zero-order valence-electron chi connectivity index (χ0n) is 10.3. The number of likely N-dealkylation sites (N-methyl/N-ethyl adjacent to an activating group) is 1. The van der Waals surface area contributed by atoms with Gasteiger partial charge in [-0.15, -0.1) is 0 Å². The first kappa shape index (κ1) is 12.9. The van der Waals surface area contributed by atoms with Crippen molar-refractivity contribution in [3.8, 4) is 0 Å². The number of aliphatic hydroxyl groups excluding tert-OH is 1. The minimum absolute atomic E-state index is 0.348. The Balaban J connectivity index is 2.76. The number of hydrogen-bond acceptors (Lipinski definition) is 4. The van der Waals surface area contributed by atoms with E-state index in [2.05, 4.69) is 23.3 Å². The lowest BCUT2D eigenvalue weighted by Crippen LogP contribution is -2.29. The van der Waals surface area contributed by atoms with Crippen LogP contribution in [0.1, 0.15) is 19.4 Å². The van der Waals surface area contributed by atoms with Gasteiger partial charge < -0.3 is 15.3 Å². The van der Waals surface area contributed by atoms with Crippen LogP contribution < -0.4 is 10.2 Å². The predicted octanol–water partition coefficient (Wildman–Crippen LogP) is 1.01. The summed E-state index contributed by atoms with van der Waals surface area (Å²) in [5.41, 5.74) is 1.16. The molecule has 0 aromatic carbocycles. The lowest BCUT2D eigenvalue weighted by atomic mass is 10.2.